The third-order valence-corrected chi connectivity index (χ3v) is 4.85. The molecule has 0 aliphatic rings. The lowest BCUT2D eigenvalue weighted by molar-refractivity contribution is 0.0951. The van der Waals surface area contributed by atoms with Crippen molar-refractivity contribution in [1.82, 2.24) is 19.7 Å². The molecule has 0 aliphatic heterocycles. The molecule has 3 aromatic heterocycles. The first-order chi connectivity index (χ1) is 13.2. The van der Waals surface area contributed by atoms with Gasteiger partial charge in [-0.25, -0.2) is 0 Å². The van der Waals surface area contributed by atoms with E-state index < -0.39 is 0 Å². The minimum Gasteiger partial charge on any atom is -0.350 e. The van der Waals surface area contributed by atoms with Crippen LogP contribution in [0.5, 0.6) is 0 Å². The van der Waals surface area contributed by atoms with Crippen LogP contribution in [0, 0.1) is 6.92 Å². The van der Waals surface area contributed by atoms with Gasteiger partial charge in [-0.3, -0.25) is 9.78 Å². The fourth-order valence-corrected chi connectivity index (χ4v) is 3.21. The van der Waals surface area contributed by atoms with Crippen molar-refractivity contribution in [2.75, 3.05) is 5.32 Å². The number of benzene rings is 1. The van der Waals surface area contributed by atoms with Gasteiger partial charge in [0.1, 0.15) is 5.69 Å². The Bertz CT molecular complexity index is 1040. The summed E-state index contributed by atoms with van der Waals surface area (Å²) in [7, 11) is 0. The molecule has 0 spiro atoms. The lowest BCUT2D eigenvalue weighted by atomic mass is 10.1. The predicted octanol–water partition coefficient (Wildman–Crippen LogP) is 4.01. The molecule has 134 valence electrons. The van der Waals surface area contributed by atoms with Gasteiger partial charge >= 0.3 is 0 Å². The molecule has 0 fully saturated rings. The molecule has 4 aromatic rings. The Hall–Kier alpha value is -3.32. The zero-order chi connectivity index (χ0) is 18.6. The Morgan fingerprint density at radius 2 is 1.96 bits per heavy atom. The second-order valence-corrected chi connectivity index (χ2v) is 6.96. The van der Waals surface area contributed by atoms with Gasteiger partial charge in [0.05, 0.1) is 4.88 Å². The summed E-state index contributed by atoms with van der Waals surface area (Å²) in [4.78, 5) is 22.2. The lowest BCUT2D eigenvalue weighted by Crippen LogP contribution is -2.16. The fourth-order valence-electron chi connectivity index (χ4n) is 2.56. The molecule has 0 radical (unpaired) electrons. The topological polar surface area (TPSA) is 72.7 Å². The summed E-state index contributed by atoms with van der Waals surface area (Å²) in [5.41, 5.74) is 2.92. The van der Waals surface area contributed by atoms with E-state index in [1.165, 1.54) is 21.6 Å². The van der Waals surface area contributed by atoms with Crippen molar-refractivity contribution < 1.29 is 4.79 Å². The van der Waals surface area contributed by atoms with Crippen LogP contribution in [0.15, 0.2) is 66.2 Å². The van der Waals surface area contributed by atoms with Crippen molar-refractivity contribution in [2.45, 2.75) is 13.5 Å². The van der Waals surface area contributed by atoms with E-state index >= 15 is 0 Å². The Balaban J connectivity index is 1.66. The maximum Gasteiger partial charge on any atom is 0.291 e. The predicted molar refractivity (Wildman–Crippen MR) is 106 cm³/mol. The molecule has 1 aromatic carbocycles. The zero-order valence-electron chi connectivity index (χ0n) is 14.7. The average Bonchev–Trinajstić information content (AvgIpc) is 3.38. The number of carbonyl (C=O) groups excluding carboxylic acids is 1. The lowest BCUT2D eigenvalue weighted by Gasteiger charge is -2.06. The summed E-state index contributed by atoms with van der Waals surface area (Å²) in [5, 5.41) is 9.49. The Morgan fingerprint density at radius 3 is 2.67 bits per heavy atom. The van der Waals surface area contributed by atoms with Crippen LogP contribution < -0.4 is 5.32 Å². The number of aromatic nitrogens is 4. The molecule has 6 nitrogen and oxygen atoms in total. The number of thiophene rings is 1. The Labute approximate surface area is 160 Å². The molecule has 0 unspecified atom stereocenters. The summed E-state index contributed by atoms with van der Waals surface area (Å²) in [6, 6.07) is 17.3. The molecule has 0 aliphatic carbocycles. The number of pyridine rings is 1. The highest BCUT2D eigenvalue weighted by Crippen LogP contribution is 2.19. The average molecular weight is 375 g/mol. The van der Waals surface area contributed by atoms with Crippen molar-refractivity contribution >= 4 is 23.2 Å². The highest BCUT2D eigenvalue weighted by atomic mass is 32.1. The number of aryl methyl sites for hydroxylation is 1. The molecule has 4 rings (SSSR count). The monoisotopic (exact) mass is 375 g/mol. The maximum absolute atomic E-state index is 12.8. The van der Waals surface area contributed by atoms with Crippen molar-refractivity contribution in [1.29, 1.82) is 0 Å². The van der Waals surface area contributed by atoms with Gasteiger partial charge < -0.3 is 5.32 Å². The van der Waals surface area contributed by atoms with Gasteiger partial charge in [-0.1, -0.05) is 42.0 Å². The van der Waals surface area contributed by atoms with Gasteiger partial charge in [0.2, 0.25) is 11.8 Å². The van der Waals surface area contributed by atoms with Crippen molar-refractivity contribution in [2.24, 2.45) is 0 Å². The number of nitrogens with zero attached hydrogens (tertiary/aromatic N) is 4. The first kappa shape index (κ1) is 17.1. The van der Waals surface area contributed by atoms with E-state index in [0.29, 0.717) is 28.9 Å². The van der Waals surface area contributed by atoms with Crippen LogP contribution in [0.25, 0.3) is 11.5 Å². The summed E-state index contributed by atoms with van der Waals surface area (Å²) < 4.78 is 1.31. The number of anilines is 1. The Kier molecular flexibility index (Phi) is 4.76. The summed E-state index contributed by atoms with van der Waals surface area (Å²) in [6.07, 6.45) is 1.68. The number of carbonyl (C=O) groups is 1. The van der Waals surface area contributed by atoms with E-state index in [-0.39, 0.29) is 5.91 Å². The first-order valence-electron chi connectivity index (χ1n) is 8.47. The number of hydrogen-bond acceptors (Lipinski definition) is 6. The van der Waals surface area contributed by atoms with Gasteiger partial charge in [0, 0.05) is 12.7 Å². The molecule has 0 saturated heterocycles. The van der Waals surface area contributed by atoms with E-state index in [0.717, 1.165) is 5.56 Å². The van der Waals surface area contributed by atoms with Crippen LogP contribution in [0.2, 0.25) is 0 Å². The second-order valence-electron chi connectivity index (χ2n) is 6.01. The zero-order valence-corrected chi connectivity index (χ0v) is 15.5. The van der Waals surface area contributed by atoms with Crippen molar-refractivity contribution in [3.63, 3.8) is 0 Å². The smallest absolute Gasteiger partial charge is 0.291 e. The summed E-state index contributed by atoms with van der Waals surface area (Å²) >= 11 is 1.37. The molecule has 27 heavy (non-hydrogen) atoms. The van der Waals surface area contributed by atoms with E-state index in [1.54, 1.807) is 12.3 Å². The molecule has 0 bridgehead atoms. The highest BCUT2D eigenvalue weighted by Gasteiger charge is 2.19. The quantitative estimate of drug-likeness (QED) is 0.571. The molecular formula is C20H17N5OS. The van der Waals surface area contributed by atoms with E-state index in [2.05, 4.69) is 32.5 Å². The van der Waals surface area contributed by atoms with Gasteiger partial charge in [-0.2, -0.15) is 9.67 Å². The molecule has 0 atom stereocenters. The highest BCUT2D eigenvalue weighted by molar-refractivity contribution is 7.12. The standard InChI is InChI=1S/C20H17N5OS/c1-14-7-9-15(10-8-14)13-22-20-23-18(16-5-2-3-11-21-16)24-25(20)19(26)17-6-4-12-27-17/h2-12H,13H2,1H3,(H,22,23,24). The van der Waals surface area contributed by atoms with Crippen LogP contribution in [0.4, 0.5) is 5.95 Å². The molecule has 1 N–H and O–H groups in total. The van der Waals surface area contributed by atoms with Gasteiger partial charge in [-0.15, -0.1) is 16.4 Å². The van der Waals surface area contributed by atoms with Gasteiger partial charge in [-0.05, 0) is 36.1 Å². The Morgan fingerprint density at radius 1 is 1.11 bits per heavy atom. The second kappa shape index (κ2) is 7.51. The van der Waals surface area contributed by atoms with Crippen molar-refractivity contribution in [3.05, 3.63) is 82.2 Å². The molecule has 0 amide bonds. The number of hydrogen-bond donors (Lipinski definition) is 1. The summed E-state index contributed by atoms with van der Waals surface area (Å²) in [5.74, 6) is 0.590. The third kappa shape index (κ3) is 3.78. The molecule has 3 heterocycles. The third-order valence-electron chi connectivity index (χ3n) is 4.00. The molecule has 0 saturated carbocycles. The van der Waals surface area contributed by atoms with Crippen LogP contribution >= 0.6 is 11.3 Å². The normalized spacial score (nSPS) is 10.7. The van der Waals surface area contributed by atoms with Crippen LogP contribution in [0.3, 0.4) is 0 Å². The largest absolute Gasteiger partial charge is 0.350 e. The molecule has 7 heteroatoms. The SMILES string of the molecule is Cc1ccc(CNc2nc(-c3ccccn3)nn2C(=O)c2cccs2)cc1. The van der Waals surface area contributed by atoms with E-state index in [1.807, 2.05) is 48.7 Å². The molecular weight excluding hydrogens is 358 g/mol. The minimum atomic E-state index is -0.217. The maximum atomic E-state index is 12.8. The number of nitrogens with one attached hydrogen (secondary N) is 1. The van der Waals surface area contributed by atoms with Gasteiger partial charge in [0.25, 0.3) is 5.91 Å². The summed E-state index contributed by atoms with van der Waals surface area (Å²) in [6.45, 7) is 2.59. The van der Waals surface area contributed by atoms with E-state index in [9.17, 15) is 4.79 Å². The van der Waals surface area contributed by atoms with Crippen LogP contribution in [-0.2, 0) is 6.54 Å². The van der Waals surface area contributed by atoms with Crippen LogP contribution in [-0.4, -0.2) is 25.7 Å². The number of rotatable bonds is 5. The first-order valence-corrected chi connectivity index (χ1v) is 9.35. The van der Waals surface area contributed by atoms with Crippen molar-refractivity contribution in [3.8, 4) is 11.5 Å². The van der Waals surface area contributed by atoms with Gasteiger partial charge in [0.15, 0.2) is 0 Å². The van der Waals surface area contributed by atoms with Crippen LogP contribution in [0.1, 0.15) is 20.8 Å². The van der Waals surface area contributed by atoms with E-state index in [4.69, 9.17) is 0 Å². The minimum absolute atomic E-state index is 0.217. The fraction of sp³-hybridized carbons (Fsp3) is 0.100.